The highest BCUT2D eigenvalue weighted by Gasteiger charge is 2.54. The fraction of sp³-hybridized carbons (Fsp3) is 0.304. The van der Waals surface area contributed by atoms with Gasteiger partial charge in [0.15, 0.2) is 5.78 Å². The van der Waals surface area contributed by atoms with E-state index in [2.05, 4.69) is 31.9 Å². The van der Waals surface area contributed by atoms with Gasteiger partial charge < -0.3 is 0 Å². The molecule has 0 radical (unpaired) electrons. The Balaban J connectivity index is 1.72. The first-order valence-corrected chi connectivity index (χ1v) is 12.8. The molecule has 3 amide bonds. The van der Waals surface area contributed by atoms with Crippen LogP contribution in [0.4, 0.5) is 5.69 Å². The largest absolute Gasteiger partial charge is 0.292 e. The number of nitrogens with zero attached hydrogens (tertiary/aromatic N) is 3. The SMILES string of the molecule is O=C(CN(C(=O)c1ccccc1Cl)N1C(=O)[C@H]2C[C@H](Br)[C@@H](Br)C[C@H]2C1=O)c1cccc([N+](=O)[O-])c1. The first-order valence-electron chi connectivity index (χ1n) is 10.6. The van der Waals surface area contributed by atoms with Crippen LogP contribution in [-0.2, 0) is 9.59 Å². The van der Waals surface area contributed by atoms with Crippen LogP contribution < -0.4 is 0 Å². The van der Waals surface area contributed by atoms with E-state index in [4.69, 9.17) is 11.6 Å². The highest BCUT2D eigenvalue weighted by atomic mass is 79.9. The van der Waals surface area contributed by atoms with Crippen molar-refractivity contribution in [2.45, 2.75) is 22.5 Å². The predicted molar refractivity (Wildman–Crippen MR) is 133 cm³/mol. The van der Waals surface area contributed by atoms with Crippen molar-refractivity contribution in [3.63, 3.8) is 0 Å². The lowest BCUT2D eigenvalue weighted by Gasteiger charge is -2.30. The van der Waals surface area contributed by atoms with Crippen LogP contribution in [0.15, 0.2) is 48.5 Å². The number of amides is 3. The summed E-state index contributed by atoms with van der Waals surface area (Å²) in [6.07, 6.45) is 0.767. The third-order valence-electron chi connectivity index (χ3n) is 6.14. The van der Waals surface area contributed by atoms with Gasteiger partial charge in [-0.3, -0.25) is 29.3 Å². The van der Waals surface area contributed by atoms with Gasteiger partial charge in [-0.25, -0.2) is 5.01 Å². The van der Waals surface area contributed by atoms with Gasteiger partial charge in [-0.2, -0.15) is 5.01 Å². The topological polar surface area (TPSA) is 118 Å². The van der Waals surface area contributed by atoms with E-state index >= 15 is 0 Å². The van der Waals surface area contributed by atoms with E-state index in [1.165, 1.54) is 30.3 Å². The Labute approximate surface area is 221 Å². The molecule has 0 unspecified atom stereocenters. The van der Waals surface area contributed by atoms with Crippen molar-refractivity contribution in [1.29, 1.82) is 0 Å². The maximum Gasteiger partial charge on any atom is 0.274 e. The van der Waals surface area contributed by atoms with Crippen LogP contribution in [0.5, 0.6) is 0 Å². The molecule has 4 rings (SSSR count). The van der Waals surface area contributed by atoms with Crippen molar-refractivity contribution in [3.05, 3.63) is 74.8 Å². The lowest BCUT2D eigenvalue weighted by molar-refractivity contribution is -0.384. The lowest BCUT2D eigenvalue weighted by atomic mass is 9.81. The zero-order chi connectivity index (χ0) is 25.4. The summed E-state index contributed by atoms with van der Waals surface area (Å²) in [6.45, 7) is -0.683. The second-order valence-electron chi connectivity index (χ2n) is 8.28. The zero-order valence-electron chi connectivity index (χ0n) is 18.0. The Morgan fingerprint density at radius 1 is 1.03 bits per heavy atom. The van der Waals surface area contributed by atoms with Crippen LogP contribution >= 0.6 is 43.5 Å². The minimum atomic E-state index is -0.805. The standard InChI is InChI=1S/C23H18Br2ClN3O6/c24-17-9-15-16(10-18(17)25)23(33)28(22(15)32)27(21(31)14-6-1-2-7-19(14)26)11-20(30)12-4-3-5-13(8-12)29(34)35/h1-8,15-18H,9-11H2/t15-,16+,17-,18-/m0/s1. The maximum absolute atomic E-state index is 13.5. The molecule has 12 heteroatoms. The molecule has 182 valence electrons. The van der Waals surface area contributed by atoms with Gasteiger partial charge in [0.05, 0.1) is 27.3 Å². The van der Waals surface area contributed by atoms with Crippen molar-refractivity contribution in [3.8, 4) is 0 Å². The molecule has 2 aliphatic rings. The van der Waals surface area contributed by atoms with Crippen LogP contribution in [-0.4, -0.2) is 54.6 Å². The van der Waals surface area contributed by atoms with E-state index in [1.807, 2.05) is 0 Å². The summed E-state index contributed by atoms with van der Waals surface area (Å²) in [5.74, 6) is -3.92. The van der Waals surface area contributed by atoms with Gasteiger partial charge in [-0.1, -0.05) is 67.7 Å². The molecule has 1 aliphatic heterocycles. The van der Waals surface area contributed by atoms with Gasteiger partial charge in [-0.15, -0.1) is 0 Å². The molecule has 4 atom stereocenters. The monoisotopic (exact) mass is 625 g/mol. The Hall–Kier alpha value is -2.63. The fourth-order valence-corrected chi connectivity index (χ4v) is 5.80. The number of carbonyl (C=O) groups is 4. The molecule has 0 N–H and O–H groups in total. The molecular weight excluding hydrogens is 610 g/mol. The molecule has 1 aliphatic carbocycles. The number of non-ortho nitro benzene ring substituents is 1. The third kappa shape index (κ3) is 4.89. The van der Waals surface area contributed by atoms with Crippen molar-refractivity contribution in [2.75, 3.05) is 6.54 Å². The maximum atomic E-state index is 13.5. The summed E-state index contributed by atoms with van der Waals surface area (Å²) >= 11 is 13.2. The number of carbonyl (C=O) groups excluding carboxylic acids is 4. The quantitative estimate of drug-likeness (QED) is 0.154. The third-order valence-corrected chi connectivity index (χ3v) is 9.20. The van der Waals surface area contributed by atoms with E-state index in [-0.39, 0.29) is 31.5 Å². The molecule has 2 aromatic carbocycles. The number of hydrogen-bond donors (Lipinski definition) is 0. The molecule has 0 spiro atoms. The summed E-state index contributed by atoms with van der Waals surface area (Å²) in [4.78, 5) is 63.8. The summed E-state index contributed by atoms with van der Waals surface area (Å²) < 4.78 is 0. The lowest BCUT2D eigenvalue weighted by Crippen LogP contribution is -2.52. The van der Waals surface area contributed by atoms with Crippen LogP contribution in [0.25, 0.3) is 0 Å². The number of alkyl halides is 2. The van der Waals surface area contributed by atoms with Gasteiger partial charge in [0.2, 0.25) is 0 Å². The average Bonchev–Trinajstić information content (AvgIpc) is 3.06. The van der Waals surface area contributed by atoms with Gasteiger partial charge in [0.1, 0.15) is 6.54 Å². The number of benzene rings is 2. The highest BCUT2D eigenvalue weighted by Crippen LogP contribution is 2.43. The molecule has 35 heavy (non-hydrogen) atoms. The number of nitro groups is 1. The van der Waals surface area contributed by atoms with E-state index in [1.54, 1.807) is 12.1 Å². The van der Waals surface area contributed by atoms with E-state index in [0.29, 0.717) is 12.8 Å². The summed E-state index contributed by atoms with van der Waals surface area (Å²) in [6, 6.07) is 11.1. The summed E-state index contributed by atoms with van der Waals surface area (Å²) in [5.41, 5.74) is -0.326. The van der Waals surface area contributed by atoms with E-state index in [9.17, 15) is 29.3 Å². The van der Waals surface area contributed by atoms with Gasteiger partial charge in [0, 0.05) is 27.4 Å². The second kappa shape index (κ2) is 10.2. The van der Waals surface area contributed by atoms with Crippen molar-refractivity contribution in [2.24, 2.45) is 11.8 Å². The minimum Gasteiger partial charge on any atom is -0.292 e. The number of hydrogen-bond acceptors (Lipinski definition) is 6. The molecule has 0 aromatic heterocycles. The van der Waals surface area contributed by atoms with Crippen LogP contribution in [0, 0.1) is 22.0 Å². The van der Waals surface area contributed by atoms with Crippen molar-refractivity contribution < 1.29 is 24.1 Å². The summed E-state index contributed by atoms with van der Waals surface area (Å²) in [5, 5.41) is 12.8. The number of hydrazine groups is 1. The molecular formula is C23H18Br2ClN3O6. The Morgan fingerprint density at radius 2 is 1.63 bits per heavy atom. The number of Topliss-reactive ketones (excluding diaryl/α,β-unsaturated/α-hetero) is 1. The van der Waals surface area contributed by atoms with Crippen LogP contribution in [0.2, 0.25) is 5.02 Å². The molecule has 1 heterocycles. The minimum absolute atomic E-state index is 0.00761. The van der Waals surface area contributed by atoms with Gasteiger partial charge in [0.25, 0.3) is 23.4 Å². The molecule has 1 saturated heterocycles. The average molecular weight is 628 g/mol. The Bertz CT molecular complexity index is 1210. The molecule has 9 nitrogen and oxygen atoms in total. The Morgan fingerprint density at radius 3 is 2.20 bits per heavy atom. The highest BCUT2D eigenvalue weighted by molar-refractivity contribution is 9.12. The molecule has 1 saturated carbocycles. The molecule has 0 bridgehead atoms. The van der Waals surface area contributed by atoms with Crippen molar-refractivity contribution in [1.82, 2.24) is 10.0 Å². The smallest absolute Gasteiger partial charge is 0.274 e. The summed E-state index contributed by atoms with van der Waals surface area (Å²) in [7, 11) is 0. The first-order chi connectivity index (χ1) is 16.6. The van der Waals surface area contributed by atoms with Crippen molar-refractivity contribution >= 4 is 72.7 Å². The van der Waals surface area contributed by atoms with Gasteiger partial charge in [-0.05, 0) is 25.0 Å². The Kier molecular flexibility index (Phi) is 7.39. The predicted octanol–water partition coefficient (Wildman–Crippen LogP) is 4.41. The van der Waals surface area contributed by atoms with Gasteiger partial charge >= 0.3 is 0 Å². The zero-order valence-corrected chi connectivity index (χ0v) is 21.9. The van der Waals surface area contributed by atoms with Crippen LogP contribution in [0.1, 0.15) is 33.6 Å². The number of imide groups is 1. The molecule has 2 fully saturated rings. The number of nitro benzene ring substituents is 1. The van der Waals surface area contributed by atoms with Crippen LogP contribution in [0.3, 0.4) is 0 Å². The normalized spacial score (nSPS) is 23.7. The second-order valence-corrected chi connectivity index (χ2v) is 11.0. The number of ketones is 1. The first kappa shape index (κ1) is 25.5. The number of rotatable bonds is 6. The number of fused-ring (bicyclic) bond motifs is 1. The van der Waals surface area contributed by atoms with E-state index < -0.39 is 46.8 Å². The number of halogens is 3. The molecule has 2 aromatic rings. The fourth-order valence-electron chi connectivity index (χ4n) is 4.34. The van der Waals surface area contributed by atoms with E-state index in [0.717, 1.165) is 16.1 Å².